The number of nitrogen functional groups attached to an aromatic ring is 1. The lowest BCUT2D eigenvalue weighted by atomic mass is 10.3. The maximum Gasteiger partial charge on any atom is 0.238 e. The second-order valence-electron chi connectivity index (χ2n) is 3.04. The van der Waals surface area contributed by atoms with Crippen molar-refractivity contribution in [3.05, 3.63) is 39.7 Å². The van der Waals surface area contributed by atoms with Crippen LogP contribution in [-0.4, -0.2) is 9.97 Å². The molecule has 0 atom stereocenters. The van der Waals surface area contributed by atoms with Crippen LogP contribution in [-0.2, 0) is 0 Å². The van der Waals surface area contributed by atoms with Crippen molar-refractivity contribution in [2.75, 3.05) is 5.73 Å². The molecule has 0 fully saturated rings. The molecule has 1 aromatic heterocycles. The fourth-order valence-corrected chi connectivity index (χ4v) is 1.54. The molecular formula is C10H6BrClFN3O. The number of hydrogen-bond donors (Lipinski definition) is 1. The fraction of sp³-hybridized carbons (Fsp3) is 0. The van der Waals surface area contributed by atoms with Gasteiger partial charge in [0.2, 0.25) is 11.8 Å². The Morgan fingerprint density at radius 1 is 1.41 bits per heavy atom. The summed E-state index contributed by atoms with van der Waals surface area (Å²) in [7, 11) is 0. The van der Waals surface area contributed by atoms with Crippen LogP contribution in [0.4, 0.5) is 10.3 Å². The van der Waals surface area contributed by atoms with Gasteiger partial charge < -0.3 is 10.5 Å². The quantitative estimate of drug-likeness (QED) is 0.922. The van der Waals surface area contributed by atoms with E-state index in [1.165, 1.54) is 18.3 Å². The Balaban J connectivity index is 2.38. The third kappa shape index (κ3) is 2.65. The van der Waals surface area contributed by atoms with E-state index < -0.39 is 5.82 Å². The van der Waals surface area contributed by atoms with Crippen LogP contribution in [0.15, 0.2) is 28.9 Å². The van der Waals surface area contributed by atoms with Crippen LogP contribution in [0, 0.1) is 5.82 Å². The fourth-order valence-electron chi connectivity index (χ4n) is 1.10. The lowest BCUT2D eigenvalue weighted by Gasteiger charge is -2.08. The lowest BCUT2D eigenvalue weighted by Crippen LogP contribution is -1.98. The van der Waals surface area contributed by atoms with Crippen molar-refractivity contribution in [2.45, 2.75) is 0 Å². The van der Waals surface area contributed by atoms with Crippen molar-refractivity contribution in [1.82, 2.24) is 9.97 Å². The van der Waals surface area contributed by atoms with E-state index in [1.54, 1.807) is 6.07 Å². The number of aromatic nitrogens is 2. The number of nitrogens with two attached hydrogens (primary N) is 1. The van der Waals surface area contributed by atoms with Crippen LogP contribution in [0.25, 0.3) is 0 Å². The van der Waals surface area contributed by atoms with Crippen molar-refractivity contribution >= 4 is 33.5 Å². The molecule has 0 bridgehead atoms. The van der Waals surface area contributed by atoms with Crippen molar-refractivity contribution in [3.8, 4) is 11.6 Å². The minimum atomic E-state index is -0.654. The summed E-state index contributed by atoms with van der Waals surface area (Å²) in [6.07, 6.45) is 1.42. The summed E-state index contributed by atoms with van der Waals surface area (Å²) in [6.45, 7) is 0. The molecule has 0 saturated heterocycles. The molecule has 0 aliphatic carbocycles. The SMILES string of the molecule is Nc1ncc(Br)c(Oc2cccc(Cl)c2F)n1. The van der Waals surface area contributed by atoms with Crippen LogP contribution >= 0.6 is 27.5 Å². The highest BCUT2D eigenvalue weighted by Crippen LogP contribution is 2.31. The van der Waals surface area contributed by atoms with E-state index in [0.717, 1.165) is 0 Å². The monoisotopic (exact) mass is 317 g/mol. The number of halogens is 3. The molecule has 88 valence electrons. The van der Waals surface area contributed by atoms with E-state index in [4.69, 9.17) is 22.1 Å². The summed E-state index contributed by atoms with van der Waals surface area (Å²) in [5, 5.41) is -0.0272. The van der Waals surface area contributed by atoms with Gasteiger partial charge in [0.1, 0.15) is 0 Å². The van der Waals surface area contributed by atoms with Gasteiger partial charge in [-0.05, 0) is 28.1 Å². The average Bonchev–Trinajstić information content (AvgIpc) is 2.30. The third-order valence-corrected chi connectivity index (χ3v) is 2.69. The first kappa shape index (κ1) is 12.1. The molecule has 0 saturated carbocycles. The Morgan fingerprint density at radius 2 is 2.18 bits per heavy atom. The van der Waals surface area contributed by atoms with E-state index in [2.05, 4.69) is 25.9 Å². The largest absolute Gasteiger partial charge is 0.435 e. The zero-order chi connectivity index (χ0) is 12.4. The van der Waals surface area contributed by atoms with Gasteiger partial charge in [0.15, 0.2) is 11.6 Å². The first-order valence-electron chi connectivity index (χ1n) is 4.48. The molecule has 17 heavy (non-hydrogen) atoms. The molecule has 1 heterocycles. The van der Waals surface area contributed by atoms with Crippen LogP contribution in [0.1, 0.15) is 0 Å². The molecular weight excluding hydrogens is 312 g/mol. The topological polar surface area (TPSA) is 61.0 Å². The van der Waals surface area contributed by atoms with Crippen molar-refractivity contribution in [1.29, 1.82) is 0 Å². The highest BCUT2D eigenvalue weighted by atomic mass is 79.9. The van der Waals surface area contributed by atoms with Crippen LogP contribution in [0.2, 0.25) is 5.02 Å². The molecule has 1 aromatic carbocycles. The number of nitrogens with zero attached hydrogens (tertiary/aromatic N) is 2. The smallest absolute Gasteiger partial charge is 0.238 e. The second-order valence-corrected chi connectivity index (χ2v) is 4.30. The summed E-state index contributed by atoms with van der Waals surface area (Å²) in [5.74, 6) is -0.529. The molecule has 2 rings (SSSR count). The van der Waals surface area contributed by atoms with Crippen LogP contribution in [0.5, 0.6) is 11.6 Å². The molecule has 4 nitrogen and oxygen atoms in total. The third-order valence-electron chi connectivity index (χ3n) is 1.85. The van der Waals surface area contributed by atoms with Gasteiger partial charge in [-0.25, -0.2) is 9.37 Å². The molecule has 0 aliphatic rings. The molecule has 0 amide bonds. The number of hydrogen-bond acceptors (Lipinski definition) is 4. The summed E-state index contributed by atoms with van der Waals surface area (Å²) < 4.78 is 19.3. The minimum Gasteiger partial charge on any atom is -0.435 e. The first-order chi connectivity index (χ1) is 8.08. The van der Waals surface area contributed by atoms with Gasteiger partial charge in [-0.1, -0.05) is 17.7 Å². The Bertz CT molecular complexity index is 567. The average molecular weight is 319 g/mol. The number of ether oxygens (including phenoxy) is 1. The predicted molar refractivity (Wildman–Crippen MR) is 65.6 cm³/mol. The molecule has 0 aliphatic heterocycles. The van der Waals surface area contributed by atoms with Gasteiger partial charge in [-0.2, -0.15) is 4.98 Å². The number of rotatable bonds is 2. The first-order valence-corrected chi connectivity index (χ1v) is 5.65. The molecule has 2 aromatic rings. The highest BCUT2D eigenvalue weighted by Gasteiger charge is 2.11. The maximum absolute atomic E-state index is 13.6. The Kier molecular flexibility index (Phi) is 3.44. The maximum atomic E-state index is 13.6. The zero-order valence-corrected chi connectivity index (χ0v) is 10.7. The van der Waals surface area contributed by atoms with Gasteiger partial charge in [-0.15, -0.1) is 0 Å². The minimum absolute atomic E-state index is 0.0272. The van der Waals surface area contributed by atoms with Crippen molar-refractivity contribution < 1.29 is 9.13 Å². The van der Waals surface area contributed by atoms with Gasteiger partial charge in [0, 0.05) is 0 Å². The number of benzene rings is 1. The van der Waals surface area contributed by atoms with Crippen LogP contribution in [0.3, 0.4) is 0 Å². The van der Waals surface area contributed by atoms with Gasteiger partial charge in [-0.3, -0.25) is 0 Å². The van der Waals surface area contributed by atoms with Gasteiger partial charge in [0.25, 0.3) is 0 Å². The molecule has 7 heteroatoms. The lowest BCUT2D eigenvalue weighted by molar-refractivity contribution is 0.425. The van der Waals surface area contributed by atoms with Crippen molar-refractivity contribution in [2.24, 2.45) is 0 Å². The van der Waals surface area contributed by atoms with E-state index in [1.807, 2.05) is 0 Å². The van der Waals surface area contributed by atoms with E-state index in [-0.39, 0.29) is 22.6 Å². The summed E-state index contributed by atoms with van der Waals surface area (Å²) >= 11 is 8.80. The van der Waals surface area contributed by atoms with Crippen LogP contribution < -0.4 is 10.5 Å². The van der Waals surface area contributed by atoms with Gasteiger partial charge >= 0.3 is 0 Å². The normalized spacial score (nSPS) is 10.3. The van der Waals surface area contributed by atoms with E-state index in [0.29, 0.717) is 4.47 Å². The highest BCUT2D eigenvalue weighted by molar-refractivity contribution is 9.10. The predicted octanol–water partition coefficient (Wildman–Crippen LogP) is 3.41. The Hall–Kier alpha value is -1.40. The van der Waals surface area contributed by atoms with Gasteiger partial charge in [0.05, 0.1) is 15.7 Å². The molecule has 2 N–H and O–H groups in total. The molecule has 0 unspecified atom stereocenters. The molecule has 0 radical (unpaired) electrons. The second kappa shape index (κ2) is 4.85. The van der Waals surface area contributed by atoms with E-state index >= 15 is 0 Å². The zero-order valence-electron chi connectivity index (χ0n) is 8.32. The van der Waals surface area contributed by atoms with Crippen molar-refractivity contribution in [3.63, 3.8) is 0 Å². The summed E-state index contributed by atoms with van der Waals surface area (Å²) in [5.41, 5.74) is 5.41. The standard InChI is InChI=1S/C10H6BrClFN3O/c11-5-4-15-10(14)16-9(5)17-7-3-1-2-6(12)8(7)13/h1-4H,(H2,14,15,16). The Labute approximate surface area is 110 Å². The summed E-state index contributed by atoms with van der Waals surface area (Å²) in [4.78, 5) is 7.57. The summed E-state index contributed by atoms with van der Waals surface area (Å²) in [6, 6.07) is 4.43. The number of anilines is 1. The van der Waals surface area contributed by atoms with E-state index in [9.17, 15) is 4.39 Å². The Morgan fingerprint density at radius 3 is 2.94 bits per heavy atom. The molecule has 0 spiro atoms.